The summed E-state index contributed by atoms with van der Waals surface area (Å²) in [5.41, 5.74) is 0.0563. The van der Waals surface area contributed by atoms with Gasteiger partial charge in [-0.25, -0.2) is 4.39 Å². The molecule has 0 unspecified atom stereocenters. The molecule has 2 heterocycles. The van der Waals surface area contributed by atoms with Crippen molar-refractivity contribution < 1.29 is 14.0 Å². The lowest BCUT2D eigenvalue weighted by Crippen LogP contribution is -2.50. The van der Waals surface area contributed by atoms with Crippen LogP contribution in [0.15, 0.2) is 36.9 Å². The molecule has 128 valence electrons. The third-order valence-corrected chi connectivity index (χ3v) is 5.17. The number of hydrogen-bond donors (Lipinski definition) is 0. The first-order valence-electron chi connectivity index (χ1n) is 8.47. The maximum absolute atomic E-state index is 13.9. The Morgan fingerprint density at radius 2 is 2.08 bits per heavy atom. The minimum absolute atomic E-state index is 0.0286. The summed E-state index contributed by atoms with van der Waals surface area (Å²) in [5.74, 6) is -0.189. The summed E-state index contributed by atoms with van der Waals surface area (Å²) >= 11 is 0. The van der Waals surface area contributed by atoms with Gasteiger partial charge < -0.3 is 9.80 Å². The Balaban J connectivity index is 1.73. The lowest BCUT2D eigenvalue weighted by molar-refractivity contribution is -0.146. The van der Waals surface area contributed by atoms with Gasteiger partial charge >= 0.3 is 0 Å². The first-order valence-corrected chi connectivity index (χ1v) is 8.47. The summed E-state index contributed by atoms with van der Waals surface area (Å²) in [4.78, 5) is 28.6. The van der Waals surface area contributed by atoms with Crippen LogP contribution in [0.4, 0.5) is 4.39 Å². The van der Waals surface area contributed by atoms with Gasteiger partial charge in [0.2, 0.25) is 11.8 Å². The summed E-state index contributed by atoms with van der Waals surface area (Å²) in [6.45, 7) is 5.64. The van der Waals surface area contributed by atoms with Gasteiger partial charge in [0.1, 0.15) is 5.82 Å². The van der Waals surface area contributed by atoms with Crippen LogP contribution in [0.1, 0.15) is 31.2 Å². The number of hydrogen-bond acceptors (Lipinski definition) is 2. The van der Waals surface area contributed by atoms with E-state index in [2.05, 4.69) is 6.58 Å². The maximum atomic E-state index is 13.9. The molecule has 0 saturated carbocycles. The molecule has 0 aliphatic carbocycles. The van der Waals surface area contributed by atoms with Gasteiger partial charge in [-0.2, -0.15) is 0 Å². The molecular formula is C19H23FN2O2. The second kappa shape index (κ2) is 6.75. The highest BCUT2D eigenvalue weighted by Gasteiger charge is 2.49. The van der Waals surface area contributed by atoms with Crippen LogP contribution >= 0.6 is 0 Å². The molecule has 2 saturated heterocycles. The Bertz CT molecular complexity index is 661. The van der Waals surface area contributed by atoms with E-state index >= 15 is 0 Å². The summed E-state index contributed by atoms with van der Waals surface area (Å²) in [6.07, 6.45) is 4.30. The molecule has 2 fully saturated rings. The van der Waals surface area contributed by atoms with Crippen LogP contribution in [0, 0.1) is 11.2 Å². The normalized spacial score (nSPS) is 23.8. The van der Waals surface area contributed by atoms with E-state index in [1.165, 1.54) is 6.07 Å². The van der Waals surface area contributed by atoms with E-state index in [-0.39, 0.29) is 17.6 Å². The highest BCUT2D eigenvalue weighted by Crippen LogP contribution is 2.40. The molecule has 4 nitrogen and oxygen atoms in total. The zero-order valence-corrected chi connectivity index (χ0v) is 13.8. The number of nitrogens with zero attached hydrogens (tertiary/aromatic N) is 2. The molecule has 2 amide bonds. The summed E-state index contributed by atoms with van der Waals surface area (Å²) in [6, 6.07) is 6.58. The fourth-order valence-corrected chi connectivity index (χ4v) is 3.85. The monoisotopic (exact) mass is 330 g/mol. The fourth-order valence-electron chi connectivity index (χ4n) is 3.85. The van der Waals surface area contributed by atoms with Crippen molar-refractivity contribution in [2.75, 3.05) is 19.6 Å². The largest absolute Gasteiger partial charge is 0.341 e. The molecule has 1 atom stereocenters. The second-order valence-corrected chi connectivity index (χ2v) is 6.76. The molecule has 0 aromatic heterocycles. The summed E-state index contributed by atoms with van der Waals surface area (Å²) in [7, 11) is 0. The quantitative estimate of drug-likeness (QED) is 0.797. The lowest BCUT2D eigenvalue weighted by Gasteiger charge is -2.39. The van der Waals surface area contributed by atoms with Crippen molar-refractivity contribution in [3.05, 3.63) is 48.3 Å². The first-order chi connectivity index (χ1) is 11.6. The van der Waals surface area contributed by atoms with E-state index in [1.54, 1.807) is 34.1 Å². The molecular weight excluding hydrogens is 307 g/mol. The number of likely N-dealkylation sites (tertiary alicyclic amines) is 2. The van der Waals surface area contributed by atoms with Crippen molar-refractivity contribution in [2.24, 2.45) is 5.41 Å². The topological polar surface area (TPSA) is 40.6 Å². The Kier molecular flexibility index (Phi) is 4.69. The van der Waals surface area contributed by atoms with Crippen LogP contribution < -0.4 is 0 Å². The van der Waals surface area contributed by atoms with Crippen LogP contribution in [0.25, 0.3) is 0 Å². The third-order valence-electron chi connectivity index (χ3n) is 5.17. The third kappa shape index (κ3) is 3.07. The van der Waals surface area contributed by atoms with Gasteiger partial charge in [0.25, 0.3) is 0 Å². The average molecular weight is 330 g/mol. The Morgan fingerprint density at radius 1 is 1.29 bits per heavy atom. The van der Waals surface area contributed by atoms with Gasteiger partial charge in [0.15, 0.2) is 0 Å². The molecule has 1 aromatic carbocycles. The van der Waals surface area contributed by atoms with Gasteiger partial charge in [-0.1, -0.05) is 24.3 Å². The Hall–Kier alpha value is -2.17. The highest BCUT2D eigenvalue weighted by atomic mass is 19.1. The summed E-state index contributed by atoms with van der Waals surface area (Å²) in [5, 5.41) is 0. The fraction of sp³-hybridized carbons (Fsp3) is 0.474. The molecule has 2 aliphatic heterocycles. The van der Waals surface area contributed by atoms with Crippen LogP contribution in [0.3, 0.4) is 0 Å². The zero-order valence-electron chi connectivity index (χ0n) is 13.8. The predicted molar refractivity (Wildman–Crippen MR) is 89.5 cm³/mol. The SMILES string of the molecule is C=CCC(=O)N1CC[C@@]2(CCCN(Cc3ccccc3F)C2=O)C1. The molecule has 1 spiro atoms. The molecule has 24 heavy (non-hydrogen) atoms. The highest BCUT2D eigenvalue weighted by molar-refractivity contribution is 5.86. The van der Waals surface area contributed by atoms with Crippen molar-refractivity contribution in [1.29, 1.82) is 0 Å². The number of amides is 2. The van der Waals surface area contributed by atoms with E-state index in [9.17, 15) is 14.0 Å². The van der Waals surface area contributed by atoms with Crippen LogP contribution in [-0.4, -0.2) is 41.2 Å². The van der Waals surface area contributed by atoms with Crippen LogP contribution in [-0.2, 0) is 16.1 Å². The van der Waals surface area contributed by atoms with Crippen molar-refractivity contribution in [1.82, 2.24) is 9.80 Å². The second-order valence-electron chi connectivity index (χ2n) is 6.76. The number of carbonyl (C=O) groups is 2. The van der Waals surface area contributed by atoms with E-state index < -0.39 is 5.41 Å². The molecule has 2 aliphatic rings. The number of benzene rings is 1. The number of halogens is 1. The van der Waals surface area contributed by atoms with Crippen LogP contribution in [0.5, 0.6) is 0 Å². The first kappa shape index (κ1) is 16.7. The standard InChI is InChI=1S/C19H23FN2O2/c1-2-6-17(23)22-12-10-19(14-22)9-5-11-21(18(19)24)13-15-7-3-4-8-16(15)20/h2-4,7-8H,1,5-6,9-14H2/t19-/m0/s1. The molecule has 0 bridgehead atoms. The number of piperidine rings is 1. The van der Waals surface area contributed by atoms with E-state index in [0.29, 0.717) is 44.6 Å². The number of carbonyl (C=O) groups excluding carboxylic acids is 2. The predicted octanol–water partition coefficient (Wildman–Crippen LogP) is 2.74. The van der Waals surface area contributed by atoms with E-state index in [4.69, 9.17) is 0 Å². The van der Waals surface area contributed by atoms with Crippen molar-refractivity contribution >= 4 is 11.8 Å². The van der Waals surface area contributed by atoms with Gasteiger partial charge in [-0.05, 0) is 25.3 Å². The molecule has 0 N–H and O–H groups in total. The summed E-state index contributed by atoms with van der Waals surface area (Å²) < 4.78 is 13.9. The molecule has 0 radical (unpaired) electrons. The zero-order chi connectivity index (χ0) is 17.2. The lowest BCUT2D eigenvalue weighted by atomic mass is 9.78. The minimum Gasteiger partial charge on any atom is -0.341 e. The van der Waals surface area contributed by atoms with Gasteiger partial charge in [0.05, 0.1) is 5.41 Å². The van der Waals surface area contributed by atoms with Gasteiger partial charge in [0, 0.05) is 38.2 Å². The molecule has 1 aromatic rings. The van der Waals surface area contributed by atoms with Gasteiger partial charge in [-0.15, -0.1) is 6.58 Å². The van der Waals surface area contributed by atoms with Crippen molar-refractivity contribution in [2.45, 2.75) is 32.2 Å². The molecule has 3 rings (SSSR count). The van der Waals surface area contributed by atoms with Crippen molar-refractivity contribution in [3.63, 3.8) is 0 Å². The van der Waals surface area contributed by atoms with E-state index in [1.807, 2.05) is 0 Å². The Morgan fingerprint density at radius 3 is 2.83 bits per heavy atom. The average Bonchev–Trinajstić information content (AvgIpc) is 3.00. The maximum Gasteiger partial charge on any atom is 0.230 e. The smallest absolute Gasteiger partial charge is 0.230 e. The Labute approximate surface area is 141 Å². The van der Waals surface area contributed by atoms with Gasteiger partial charge in [-0.3, -0.25) is 9.59 Å². The molecule has 5 heteroatoms. The van der Waals surface area contributed by atoms with Crippen molar-refractivity contribution in [3.8, 4) is 0 Å². The van der Waals surface area contributed by atoms with Crippen LogP contribution in [0.2, 0.25) is 0 Å². The van der Waals surface area contributed by atoms with E-state index in [0.717, 1.165) is 12.8 Å². The number of rotatable bonds is 4. The minimum atomic E-state index is -0.486.